The SMILES string of the molecule is CCO[SiH](CCCCCN(CC)[Si](CC)(CC)CC)OCC. The molecule has 0 saturated heterocycles. The molecule has 0 heterocycles. The highest BCUT2D eigenvalue weighted by Gasteiger charge is 2.32. The van der Waals surface area contributed by atoms with Gasteiger partial charge in [0.1, 0.15) is 8.24 Å². The first kappa shape index (κ1) is 22.3. The molecular formula is C17H41NO2Si2. The van der Waals surface area contributed by atoms with E-state index < -0.39 is 17.5 Å². The van der Waals surface area contributed by atoms with Crippen molar-refractivity contribution >= 4 is 17.5 Å². The zero-order valence-electron chi connectivity index (χ0n) is 16.1. The standard InChI is InChI=1S/C17H41NO2Si2/c1-7-18(22(10-4,11-5)12-6)16-14-13-15-17-21(19-8-2)20-9-3/h21H,7-17H2,1-6H3. The zero-order chi connectivity index (χ0) is 16.8. The van der Waals surface area contributed by atoms with Gasteiger partial charge in [-0.15, -0.1) is 0 Å². The highest BCUT2D eigenvalue weighted by molar-refractivity contribution is 6.77. The van der Waals surface area contributed by atoms with Crippen molar-refractivity contribution in [2.75, 3.05) is 26.3 Å². The fraction of sp³-hybridized carbons (Fsp3) is 1.00. The smallest absolute Gasteiger partial charge is 0.321 e. The van der Waals surface area contributed by atoms with Gasteiger partial charge in [0, 0.05) is 13.2 Å². The summed E-state index contributed by atoms with van der Waals surface area (Å²) in [7, 11) is -2.53. The molecule has 0 aliphatic carbocycles. The van der Waals surface area contributed by atoms with E-state index in [1.165, 1.54) is 56.5 Å². The highest BCUT2D eigenvalue weighted by Crippen LogP contribution is 2.25. The van der Waals surface area contributed by atoms with E-state index in [0.717, 1.165) is 13.2 Å². The first-order valence-electron chi connectivity index (χ1n) is 9.62. The molecule has 0 aromatic rings. The molecule has 0 aromatic carbocycles. The van der Waals surface area contributed by atoms with Gasteiger partial charge in [0.25, 0.3) is 0 Å². The molecule has 0 aliphatic rings. The molecule has 0 unspecified atom stereocenters. The largest absolute Gasteiger partial charge is 0.397 e. The van der Waals surface area contributed by atoms with E-state index >= 15 is 0 Å². The molecule has 134 valence electrons. The lowest BCUT2D eigenvalue weighted by Gasteiger charge is -2.40. The minimum absolute atomic E-state index is 0.804. The van der Waals surface area contributed by atoms with Crippen molar-refractivity contribution in [3.63, 3.8) is 0 Å². The van der Waals surface area contributed by atoms with E-state index in [1.807, 2.05) is 0 Å². The summed E-state index contributed by atoms with van der Waals surface area (Å²) in [6.45, 7) is 17.8. The van der Waals surface area contributed by atoms with E-state index in [1.54, 1.807) is 0 Å². The molecule has 0 radical (unpaired) electrons. The van der Waals surface area contributed by atoms with Crippen LogP contribution in [-0.2, 0) is 8.85 Å². The summed E-state index contributed by atoms with van der Waals surface area (Å²) in [5, 5.41) is 0. The fourth-order valence-corrected chi connectivity index (χ4v) is 9.47. The molecular weight excluding hydrogens is 306 g/mol. The Balaban J connectivity index is 4.10. The third kappa shape index (κ3) is 7.73. The van der Waals surface area contributed by atoms with Crippen LogP contribution in [-0.4, -0.2) is 48.4 Å². The number of hydrogen-bond acceptors (Lipinski definition) is 3. The second kappa shape index (κ2) is 13.7. The predicted octanol–water partition coefficient (Wildman–Crippen LogP) is 4.78. The van der Waals surface area contributed by atoms with Crippen molar-refractivity contribution < 1.29 is 8.85 Å². The molecule has 0 rings (SSSR count). The van der Waals surface area contributed by atoms with Crippen LogP contribution >= 0.6 is 0 Å². The fourth-order valence-electron chi connectivity index (χ4n) is 3.53. The lowest BCUT2D eigenvalue weighted by atomic mass is 10.2. The average Bonchev–Trinajstić information content (AvgIpc) is 2.54. The maximum atomic E-state index is 5.75. The van der Waals surface area contributed by atoms with Gasteiger partial charge in [0.2, 0.25) is 0 Å². The quantitative estimate of drug-likeness (QED) is 0.314. The predicted molar refractivity (Wildman–Crippen MR) is 104 cm³/mol. The minimum Gasteiger partial charge on any atom is -0.397 e. The Morgan fingerprint density at radius 1 is 0.773 bits per heavy atom. The van der Waals surface area contributed by atoms with Gasteiger partial charge in [0.05, 0.1) is 0 Å². The number of rotatable bonds is 15. The minimum atomic E-state index is -1.36. The van der Waals surface area contributed by atoms with E-state index in [2.05, 4.69) is 46.1 Å². The summed E-state index contributed by atoms with van der Waals surface area (Å²) in [6, 6.07) is 5.37. The Bertz CT molecular complexity index is 237. The van der Waals surface area contributed by atoms with Gasteiger partial charge in [-0.25, -0.2) is 0 Å². The van der Waals surface area contributed by atoms with Crippen LogP contribution in [0, 0.1) is 0 Å². The summed E-state index contributed by atoms with van der Waals surface area (Å²) in [4.78, 5) is 0. The number of nitrogens with zero attached hydrogens (tertiary/aromatic N) is 1. The Kier molecular flexibility index (Phi) is 13.9. The monoisotopic (exact) mass is 347 g/mol. The second-order valence-electron chi connectivity index (χ2n) is 6.05. The van der Waals surface area contributed by atoms with E-state index in [0.29, 0.717) is 0 Å². The topological polar surface area (TPSA) is 21.7 Å². The molecule has 0 atom stereocenters. The van der Waals surface area contributed by atoms with Gasteiger partial charge in [-0.2, -0.15) is 0 Å². The van der Waals surface area contributed by atoms with Crippen LogP contribution in [0.15, 0.2) is 0 Å². The molecule has 0 fully saturated rings. The van der Waals surface area contributed by atoms with Crippen LogP contribution in [0.2, 0.25) is 24.2 Å². The maximum Gasteiger partial charge on any atom is 0.321 e. The summed E-state index contributed by atoms with van der Waals surface area (Å²) < 4.78 is 14.4. The molecule has 3 nitrogen and oxygen atoms in total. The van der Waals surface area contributed by atoms with Crippen molar-refractivity contribution in [2.24, 2.45) is 0 Å². The zero-order valence-corrected chi connectivity index (χ0v) is 18.3. The Labute approximate surface area is 142 Å². The second-order valence-corrected chi connectivity index (χ2v) is 13.4. The van der Waals surface area contributed by atoms with Gasteiger partial charge in [-0.05, 0) is 57.5 Å². The van der Waals surface area contributed by atoms with Gasteiger partial charge in [-0.3, -0.25) is 0 Å². The van der Waals surface area contributed by atoms with E-state index in [9.17, 15) is 0 Å². The first-order valence-corrected chi connectivity index (χ1v) is 13.9. The van der Waals surface area contributed by atoms with Crippen molar-refractivity contribution in [1.29, 1.82) is 0 Å². The summed E-state index contributed by atoms with van der Waals surface area (Å²) in [6.07, 6.45) is 3.93. The first-order chi connectivity index (χ1) is 10.6. The maximum absolute atomic E-state index is 5.75. The van der Waals surface area contributed by atoms with Gasteiger partial charge >= 0.3 is 9.28 Å². The van der Waals surface area contributed by atoms with Crippen LogP contribution in [0.5, 0.6) is 0 Å². The molecule has 0 aromatic heterocycles. The highest BCUT2D eigenvalue weighted by atomic mass is 28.3. The lowest BCUT2D eigenvalue weighted by molar-refractivity contribution is 0.212. The van der Waals surface area contributed by atoms with Gasteiger partial charge < -0.3 is 13.4 Å². The van der Waals surface area contributed by atoms with Crippen LogP contribution < -0.4 is 0 Å². The summed E-state index contributed by atoms with van der Waals surface area (Å²) in [5.74, 6) is 0. The van der Waals surface area contributed by atoms with Crippen molar-refractivity contribution in [3.05, 3.63) is 0 Å². The molecule has 5 heteroatoms. The van der Waals surface area contributed by atoms with Crippen LogP contribution in [0.25, 0.3) is 0 Å². The van der Waals surface area contributed by atoms with E-state index in [4.69, 9.17) is 8.85 Å². The molecule has 0 saturated carbocycles. The lowest BCUT2D eigenvalue weighted by Crippen LogP contribution is -2.52. The average molecular weight is 348 g/mol. The number of hydrogen-bond donors (Lipinski definition) is 0. The molecule has 0 bridgehead atoms. The number of unbranched alkanes of at least 4 members (excludes halogenated alkanes) is 2. The third-order valence-electron chi connectivity index (χ3n) is 5.10. The van der Waals surface area contributed by atoms with Gasteiger partial charge in [-0.1, -0.05) is 40.5 Å². The Hall–Kier alpha value is 0.314. The Morgan fingerprint density at radius 2 is 1.32 bits per heavy atom. The third-order valence-corrected chi connectivity index (χ3v) is 13.2. The van der Waals surface area contributed by atoms with Crippen molar-refractivity contribution in [3.8, 4) is 0 Å². The molecule has 0 N–H and O–H groups in total. The Morgan fingerprint density at radius 3 is 1.73 bits per heavy atom. The van der Waals surface area contributed by atoms with E-state index in [-0.39, 0.29) is 0 Å². The molecule has 0 amide bonds. The van der Waals surface area contributed by atoms with Crippen LogP contribution in [0.3, 0.4) is 0 Å². The van der Waals surface area contributed by atoms with Crippen molar-refractivity contribution in [2.45, 2.75) is 85.0 Å². The van der Waals surface area contributed by atoms with Crippen LogP contribution in [0.4, 0.5) is 0 Å². The summed E-state index contributed by atoms with van der Waals surface area (Å²) >= 11 is 0. The molecule has 0 spiro atoms. The molecule has 22 heavy (non-hydrogen) atoms. The van der Waals surface area contributed by atoms with Crippen molar-refractivity contribution in [1.82, 2.24) is 4.57 Å². The van der Waals surface area contributed by atoms with Gasteiger partial charge in [0.15, 0.2) is 0 Å². The summed E-state index contributed by atoms with van der Waals surface area (Å²) in [5.41, 5.74) is 0. The van der Waals surface area contributed by atoms with Crippen LogP contribution in [0.1, 0.15) is 60.8 Å². The normalized spacial score (nSPS) is 12.5. The molecule has 0 aliphatic heterocycles.